The van der Waals surface area contributed by atoms with Crippen molar-refractivity contribution in [2.24, 2.45) is 11.8 Å². The Kier molecular flexibility index (Phi) is 8.49. The van der Waals surface area contributed by atoms with Gasteiger partial charge in [0, 0.05) is 63.1 Å². The number of hydrogen-bond acceptors (Lipinski definition) is 6. The molecule has 1 aromatic heterocycles. The number of piperidine rings is 2. The van der Waals surface area contributed by atoms with E-state index in [1.165, 1.54) is 62.8 Å². The van der Waals surface area contributed by atoms with Crippen molar-refractivity contribution in [2.45, 2.75) is 83.8 Å². The predicted molar refractivity (Wildman–Crippen MR) is 164 cm³/mol. The van der Waals surface area contributed by atoms with Crippen molar-refractivity contribution in [2.75, 3.05) is 52.4 Å². The van der Waals surface area contributed by atoms with E-state index in [1.54, 1.807) is 6.20 Å². The van der Waals surface area contributed by atoms with E-state index in [-0.39, 0.29) is 11.4 Å². The number of rotatable bonds is 7. The number of amides is 1. The van der Waals surface area contributed by atoms with Gasteiger partial charge in [-0.15, -0.1) is 0 Å². The second kappa shape index (κ2) is 12.1. The van der Waals surface area contributed by atoms with E-state index >= 15 is 0 Å². The average molecular weight is 559 g/mol. The Morgan fingerprint density at radius 3 is 2.44 bits per heavy atom. The molecule has 0 radical (unpaired) electrons. The van der Waals surface area contributed by atoms with Crippen molar-refractivity contribution < 1.29 is 4.79 Å². The minimum atomic E-state index is 0.0764. The van der Waals surface area contributed by atoms with Crippen molar-refractivity contribution in [1.29, 1.82) is 0 Å². The van der Waals surface area contributed by atoms with Crippen LogP contribution in [-0.4, -0.2) is 99.4 Å². The third-order valence-electron chi connectivity index (χ3n) is 10.7. The number of hydrogen-bond donors (Lipinski definition) is 0. The molecule has 7 nitrogen and oxygen atoms in total. The zero-order chi connectivity index (χ0) is 28.6. The van der Waals surface area contributed by atoms with Gasteiger partial charge in [-0.1, -0.05) is 29.8 Å². The van der Waals surface area contributed by atoms with Crippen LogP contribution in [0, 0.1) is 25.7 Å². The molecule has 0 spiro atoms. The van der Waals surface area contributed by atoms with Crippen LogP contribution >= 0.6 is 0 Å². The normalized spacial score (nSPS) is 25.8. The molecule has 4 aliphatic rings. The summed E-state index contributed by atoms with van der Waals surface area (Å²) in [4.78, 5) is 31.9. The van der Waals surface area contributed by atoms with Crippen LogP contribution in [0.2, 0.25) is 0 Å². The summed E-state index contributed by atoms with van der Waals surface area (Å²) in [6.45, 7) is 17.8. The van der Waals surface area contributed by atoms with Crippen LogP contribution in [0.25, 0.3) is 0 Å². The lowest BCUT2D eigenvalue weighted by molar-refractivity contribution is -0.0437. The summed E-state index contributed by atoms with van der Waals surface area (Å²) in [5.74, 6) is 1.78. The van der Waals surface area contributed by atoms with Crippen LogP contribution in [0.15, 0.2) is 36.8 Å². The number of nitrogens with zero attached hydrogens (tertiary/aromatic N) is 6. The standard InChI is InChI=1S/C34H50N6O/c1-25-6-5-7-30(20-25)32(29-10-14-37(15-11-29)23-28-8-9-28)40-19-18-39(22-26(40)2)34(4)12-16-38(17-13-34)33(41)31-21-35-24-36-27(31)3/h5-7,20-21,24,26,28-29,32H,8-19,22-23H2,1-4H3. The first-order valence-corrected chi connectivity index (χ1v) is 16.2. The van der Waals surface area contributed by atoms with Gasteiger partial charge in [0.1, 0.15) is 6.33 Å². The number of aryl methyl sites for hydroxylation is 2. The summed E-state index contributed by atoms with van der Waals surface area (Å²) in [5, 5.41) is 0. The van der Waals surface area contributed by atoms with Gasteiger partial charge in [0.15, 0.2) is 0 Å². The molecule has 222 valence electrons. The average Bonchev–Trinajstić information content (AvgIpc) is 3.79. The van der Waals surface area contributed by atoms with Crippen molar-refractivity contribution in [3.05, 3.63) is 59.2 Å². The smallest absolute Gasteiger partial charge is 0.257 e. The SMILES string of the molecule is Cc1cccc(C(C2CCN(CC3CC3)CC2)N2CCN(C3(C)CCN(C(=O)c4cncnc4C)CC3)CC2C)c1. The molecule has 2 atom stereocenters. The molecule has 7 heteroatoms. The molecule has 41 heavy (non-hydrogen) atoms. The van der Waals surface area contributed by atoms with Gasteiger partial charge in [0.2, 0.25) is 0 Å². The van der Waals surface area contributed by atoms with Gasteiger partial charge in [0.25, 0.3) is 5.91 Å². The number of benzene rings is 1. The van der Waals surface area contributed by atoms with Crippen LogP contribution in [0.1, 0.15) is 85.6 Å². The van der Waals surface area contributed by atoms with Crippen LogP contribution in [0.3, 0.4) is 0 Å². The minimum Gasteiger partial charge on any atom is -0.338 e. The summed E-state index contributed by atoms with van der Waals surface area (Å²) in [6, 6.07) is 10.3. The molecule has 1 aliphatic carbocycles. The van der Waals surface area contributed by atoms with Crippen LogP contribution in [-0.2, 0) is 0 Å². The Morgan fingerprint density at radius 2 is 1.78 bits per heavy atom. The summed E-state index contributed by atoms with van der Waals surface area (Å²) in [7, 11) is 0. The highest BCUT2D eigenvalue weighted by Crippen LogP contribution is 2.40. The fourth-order valence-electron chi connectivity index (χ4n) is 7.86. The number of carbonyl (C=O) groups is 1. The topological polar surface area (TPSA) is 55.8 Å². The van der Waals surface area contributed by atoms with Gasteiger partial charge in [-0.3, -0.25) is 14.6 Å². The Labute approximate surface area is 247 Å². The molecule has 2 unspecified atom stereocenters. The second-order valence-corrected chi connectivity index (χ2v) is 13.8. The van der Waals surface area contributed by atoms with Gasteiger partial charge in [-0.2, -0.15) is 0 Å². The van der Waals surface area contributed by atoms with Crippen molar-refractivity contribution in [1.82, 2.24) is 29.6 Å². The molecule has 2 aromatic rings. The molecule has 1 amide bonds. The molecular weight excluding hydrogens is 508 g/mol. The largest absolute Gasteiger partial charge is 0.338 e. The summed E-state index contributed by atoms with van der Waals surface area (Å²) in [5.41, 5.74) is 4.42. The highest BCUT2D eigenvalue weighted by atomic mass is 16.2. The fourth-order valence-corrected chi connectivity index (χ4v) is 7.86. The number of carbonyl (C=O) groups excluding carboxylic acids is 1. The van der Waals surface area contributed by atoms with Gasteiger partial charge in [0.05, 0.1) is 11.3 Å². The summed E-state index contributed by atoms with van der Waals surface area (Å²) < 4.78 is 0. The Balaban J connectivity index is 1.11. The second-order valence-electron chi connectivity index (χ2n) is 13.8. The molecule has 0 bridgehead atoms. The quantitative estimate of drug-likeness (QED) is 0.479. The van der Waals surface area contributed by atoms with E-state index in [0.717, 1.165) is 63.1 Å². The molecule has 6 rings (SSSR count). The first-order valence-electron chi connectivity index (χ1n) is 16.2. The molecule has 3 saturated heterocycles. The maximum Gasteiger partial charge on any atom is 0.257 e. The summed E-state index contributed by atoms with van der Waals surface area (Å²) >= 11 is 0. The first kappa shape index (κ1) is 28.8. The molecule has 4 heterocycles. The van der Waals surface area contributed by atoms with Crippen LogP contribution < -0.4 is 0 Å². The molecule has 0 N–H and O–H groups in total. The number of piperazine rings is 1. The fraction of sp³-hybridized carbons (Fsp3) is 0.676. The van der Waals surface area contributed by atoms with Crippen molar-refractivity contribution in [3.8, 4) is 0 Å². The lowest BCUT2D eigenvalue weighted by atomic mass is 9.82. The van der Waals surface area contributed by atoms with Crippen molar-refractivity contribution >= 4 is 5.91 Å². The first-order chi connectivity index (χ1) is 19.8. The van der Waals surface area contributed by atoms with E-state index in [4.69, 9.17) is 0 Å². The zero-order valence-corrected chi connectivity index (χ0v) is 25.8. The Hall–Kier alpha value is -2.35. The molecule has 4 fully saturated rings. The maximum atomic E-state index is 13.2. The highest BCUT2D eigenvalue weighted by Gasteiger charge is 2.43. The predicted octanol–water partition coefficient (Wildman–Crippen LogP) is 4.96. The lowest BCUT2D eigenvalue weighted by Gasteiger charge is -2.54. The number of aromatic nitrogens is 2. The van der Waals surface area contributed by atoms with Gasteiger partial charge >= 0.3 is 0 Å². The zero-order valence-electron chi connectivity index (χ0n) is 25.8. The maximum absolute atomic E-state index is 13.2. The third kappa shape index (κ3) is 6.37. The van der Waals surface area contributed by atoms with E-state index in [2.05, 4.69) is 69.7 Å². The van der Waals surface area contributed by atoms with Crippen LogP contribution in [0.4, 0.5) is 0 Å². The Morgan fingerprint density at radius 1 is 1.02 bits per heavy atom. The van der Waals surface area contributed by atoms with E-state index in [9.17, 15) is 4.79 Å². The van der Waals surface area contributed by atoms with Gasteiger partial charge < -0.3 is 9.80 Å². The molecular formula is C34H50N6O. The van der Waals surface area contributed by atoms with E-state index in [1.807, 2.05) is 11.8 Å². The number of likely N-dealkylation sites (tertiary alicyclic amines) is 2. The Bertz CT molecular complexity index is 1200. The lowest BCUT2D eigenvalue weighted by Crippen LogP contribution is -2.63. The van der Waals surface area contributed by atoms with Crippen molar-refractivity contribution in [3.63, 3.8) is 0 Å². The molecule has 1 saturated carbocycles. The van der Waals surface area contributed by atoms with Gasteiger partial charge in [-0.25, -0.2) is 9.97 Å². The van der Waals surface area contributed by atoms with E-state index < -0.39 is 0 Å². The van der Waals surface area contributed by atoms with Crippen LogP contribution in [0.5, 0.6) is 0 Å². The monoisotopic (exact) mass is 558 g/mol. The van der Waals surface area contributed by atoms with Gasteiger partial charge in [-0.05, 0) is 96.7 Å². The molecule has 3 aliphatic heterocycles. The molecule has 1 aromatic carbocycles. The minimum absolute atomic E-state index is 0.0764. The summed E-state index contributed by atoms with van der Waals surface area (Å²) in [6.07, 6.45) is 10.7. The highest BCUT2D eigenvalue weighted by molar-refractivity contribution is 5.94. The third-order valence-corrected chi connectivity index (χ3v) is 10.7. The van der Waals surface area contributed by atoms with E-state index in [0.29, 0.717) is 17.6 Å².